The van der Waals surface area contributed by atoms with Crippen LogP contribution < -0.4 is 0 Å². The van der Waals surface area contributed by atoms with Crippen molar-refractivity contribution in [3.63, 3.8) is 0 Å². The van der Waals surface area contributed by atoms with Crippen molar-refractivity contribution in [1.29, 1.82) is 0 Å². The molecule has 1 saturated carbocycles. The van der Waals surface area contributed by atoms with E-state index in [0.29, 0.717) is 10.5 Å². The highest BCUT2D eigenvalue weighted by Gasteiger charge is 2.35. The summed E-state index contributed by atoms with van der Waals surface area (Å²) in [6, 6.07) is 4.72. The summed E-state index contributed by atoms with van der Waals surface area (Å²) in [4.78, 5) is 0.576. The second kappa shape index (κ2) is 3.59. The van der Waals surface area contributed by atoms with Gasteiger partial charge in [-0.25, -0.2) is 13.0 Å². The third kappa shape index (κ3) is 1.67. The lowest BCUT2D eigenvalue weighted by atomic mass is 10.2. The van der Waals surface area contributed by atoms with Crippen LogP contribution in [-0.2, 0) is 9.73 Å². The van der Waals surface area contributed by atoms with Crippen molar-refractivity contribution in [2.24, 2.45) is 4.36 Å². The van der Waals surface area contributed by atoms with Gasteiger partial charge in [-0.15, -0.1) is 0 Å². The maximum Gasteiger partial charge on any atom is 0.127 e. The molecule has 1 aliphatic carbocycles. The Balaban J connectivity index is 2.63. The number of benzene rings is 1. The molecule has 0 aromatic heterocycles. The highest BCUT2D eigenvalue weighted by Crippen LogP contribution is 2.36. The molecule has 4 heteroatoms. The Hall–Kier alpha value is -0.900. The molecule has 0 radical (unpaired) electrons. The van der Waals surface area contributed by atoms with Gasteiger partial charge >= 0.3 is 0 Å². The maximum absolute atomic E-state index is 13.4. The zero-order chi connectivity index (χ0) is 11.1. The number of hydrogen-bond acceptors (Lipinski definition) is 2. The third-order valence-electron chi connectivity index (χ3n) is 2.78. The molecule has 0 spiro atoms. The minimum absolute atomic E-state index is 0.128. The van der Waals surface area contributed by atoms with Gasteiger partial charge in [-0.05, 0) is 31.9 Å². The van der Waals surface area contributed by atoms with Gasteiger partial charge < -0.3 is 0 Å². The molecule has 1 atom stereocenters. The molecule has 1 aromatic rings. The summed E-state index contributed by atoms with van der Waals surface area (Å²) in [7, 11) is -0.819. The van der Waals surface area contributed by atoms with Crippen LogP contribution in [0.15, 0.2) is 27.5 Å². The predicted octanol–water partition coefficient (Wildman–Crippen LogP) is 2.75. The Morgan fingerprint density at radius 3 is 2.67 bits per heavy atom. The lowest BCUT2D eigenvalue weighted by molar-refractivity contribution is 0.611. The standard InChI is InChI=1S/C11H14FNOS/c1-8-10(12)4-3-5-11(8)15(14,13-2)9-6-7-9/h3-5,9H,6-7H2,1-2H3. The predicted molar refractivity (Wildman–Crippen MR) is 58.9 cm³/mol. The average Bonchev–Trinajstić information content (AvgIpc) is 3.05. The van der Waals surface area contributed by atoms with Crippen molar-refractivity contribution >= 4 is 9.73 Å². The first-order valence-electron chi connectivity index (χ1n) is 4.99. The molecular formula is C11H14FNOS. The Labute approximate surface area is 89.7 Å². The van der Waals surface area contributed by atoms with E-state index < -0.39 is 9.73 Å². The maximum atomic E-state index is 13.4. The minimum Gasteiger partial charge on any atom is -0.244 e. The van der Waals surface area contributed by atoms with E-state index in [0.717, 1.165) is 12.8 Å². The monoisotopic (exact) mass is 227 g/mol. The summed E-state index contributed by atoms with van der Waals surface area (Å²) in [5, 5.41) is 0.128. The molecule has 1 aromatic carbocycles. The summed E-state index contributed by atoms with van der Waals surface area (Å²) in [6.45, 7) is 1.66. The quantitative estimate of drug-likeness (QED) is 0.764. The van der Waals surface area contributed by atoms with Crippen molar-refractivity contribution in [2.75, 3.05) is 7.05 Å². The van der Waals surface area contributed by atoms with Crippen LogP contribution in [0.5, 0.6) is 0 Å². The molecule has 1 unspecified atom stereocenters. The number of halogens is 1. The molecule has 2 nitrogen and oxygen atoms in total. The van der Waals surface area contributed by atoms with E-state index in [1.165, 1.54) is 6.07 Å². The minimum atomic E-state index is -2.38. The van der Waals surface area contributed by atoms with Crippen LogP contribution in [0.1, 0.15) is 18.4 Å². The SMILES string of the molecule is CN=S(=O)(c1cccc(F)c1C)C1CC1. The number of hydrogen-bond donors (Lipinski definition) is 0. The van der Waals surface area contributed by atoms with Crippen LogP contribution in [0.4, 0.5) is 4.39 Å². The van der Waals surface area contributed by atoms with E-state index in [4.69, 9.17) is 0 Å². The molecule has 1 fully saturated rings. The smallest absolute Gasteiger partial charge is 0.127 e. The summed E-state index contributed by atoms with van der Waals surface area (Å²) in [5.74, 6) is -0.301. The molecular weight excluding hydrogens is 213 g/mol. The summed E-state index contributed by atoms with van der Waals surface area (Å²) in [6.07, 6.45) is 1.87. The van der Waals surface area contributed by atoms with Crippen LogP contribution in [0.3, 0.4) is 0 Å². The van der Waals surface area contributed by atoms with Gasteiger partial charge in [-0.1, -0.05) is 6.07 Å². The zero-order valence-electron chi connectivity index (χ0n) is 8.87. The highest BCUT2D eigenvalue weighted by atomic mass is 32.2. The average molecular weight is 227 g/mol. The van der Waals surface area contributed by atoms with Crippen molar-refractivity contribution in [1.82, 2.24) is 0 Å². The number of rotatable bonds is 2. The summed E-state index contributed by atoms with van der Waals surface area (Å²) in [5.41, 5.74) is 0.472. The molecule has 0 amide bonds. The Bertz CT molecular complexity index is 499. The first kappa shape index (κ1) is 10.6. The van der Waals surface area contributed by atoms with Gasteiger partial charge in [0.15, 0.2) is 0 Å². The van der Waals surface area contributed by atoms with Gasteiger partial charge in [-0.3, -0.25) is 0 Å². The van der Waals surface area contributed by atoms with E-state index in [-0.39, 0.29) is 11.1 Å². The third-order valence-corrected chi connectivity index (χ3v) is 5.77. The van der Waals surface area contributed by atoms with E-state index in [2.05, 4.69) is 4.36 Å². The molecule has 0 N–H and O–H groups in total. The molecule has 2 rings (SSSR count). The molecule has 82 valence electrons. The van der Waals surface area contributed by atoms with Crippen molar-refractivity contribution in [3.05, 3.63) is 29.6 Å². The second-order valence-electron chi connectivity index (χ2n) is 3.81. The molecule has 0 saturated heterocycles. The van der Waals surface area contributed by atoms with Crippen molar-refractivity contribution in [2.45, 2.75) is 29.9 Å². The molecule has 1 aliphatic rings. The van der Waals surface area contributed by atoms with Crippen LogP contribution >= 0.6 is 0 Å². The Morgan fingerprint density at radius 2 is 2.13 bits per heavy atom. The Kier molecular flexibility index (Phi) is 2.54. The summed E-state index contributed by atoms with van der Waals surface area (Å²) >= 11 is 0. The number of nitrogens with zero attached hydrogens (tertiary/aromatic N) is 1. The highest BCUT2D eigenvalue weighted by molar-refractivity contribution is 7.94. The van der Waals surface area contributed by atoms with Gasteiger partial charge in [-0.2, -0.15) is 0 Å². The van der Waals surface area contributed by atoms with Gasteiger partial charge in [0.05, 0.1) is 14.6 Å². The largest absolute Gasteiger partial charge is 0.244 e. The van der Waals surface area contributed by atoms with E-state index >= 15 is 0 Å². The Morgan fingerprint density at radius 1 is 1.47 bits per heavy atom. The fourth-order valence-electron chi connectivity index (χ4n) is 1.72. The van der Waals surface area contributed by atoms with Crippen LogP contribution in [0.2, 0.25) is 0 Å². The first-order chi connectivity index (χ1) is 7.09. The lowest BCUT2D eigenvalue weighted by Crippen LogP contribution is -2.09. The fourth-order valence-corrected chi connectivity index (χ4v) is 4.16. The topological polar surface area (TPSA) is 29.4 Å². The van der Waals surface area contributed by atoms with E-state index in [1.54, 1.807) is 26.1 Å². The first-order valence-corrected chi connectivity index (χ1v) is 6.56. The lowest BCUT2D eigenvalue weighted by Gasteiger charge is -2.11. The van der Waals surface area contributed by atoms with Gasteiger partial charge in [0.25, 0.3) is 0 Å². The molecule has 0 bridgehead atoms. The fraction of sp³-hybridized carbons (Fsp3) is 0.455. The molecule has 0 heterocycles. The van der Waals surface area contributed by atoms with E-state index in [1.807, 2.05) is 0 Å². The zero-order valence-corrected chi connectivity index (χ0v) is 9.68. The van der Waals surface area contributed by atoms with E-state index in [9.17, 15) is 8.60 Å². The molecule has 15 heavy (non-hydrogen) atoms. The van der Waals surface area contributed by atoms with Crippen molar-refractivity contribution < 1.29 is 8.60 Å². The summed E-state index contributed by atoms with van der Waals surface area (Å²) < 4.78 is 29.9. The van der Waals surface area contributed by atoms with Crippen LogP contribution in [0, 0.1) is 12.7 Å². The van der Waals surface area contributed by atoms with Gasteiger partial charge in [0.2, 0.25) is 0 Å². The van der Waals surface area contributed by atoms with Gasteiger partial charge in [0, 0.05) is 17.9 Å². The van der Waals surface area contributed by atoms with Gasteiger partial charge in [0.1, 0.15) is 5.82 Å². The second-order valence-corrected chi connectivity index (χ2v) is 6.42. The van der Waals surface area contributed by atoms with Crippen LogP contribution in [-0.4, -0.2) is 16.5 Å². The van der Waals surface area contributed by atoms with Crippen molar-refractivity contribution in [3.8, 4) is 0 Å². The molecule has 0 aliphatic heterocycles. The normalized spacial score (nSPS) is 19.7. The van der Waals surface area contributed by atoms with Crippen LogP contribution in [0.25, 0.3) is 0 Å².